The monoisotopic (exact) mass is 379 g/mol. The first-order valence-corrected chi connectivity index (χ1v) is 9.66. The van der Waals surface area contributed by atoms with E-state index in [4.69, 9.17) is 4.99 Å². The van der Waals surface area contributed by atoms with E-state index in [1.165, 1.54) is 0 Å². The molecule has 3 N–H and O–H groups in total. The lowest BCUT2D eigenvalue weighted by Gasteiger charge is -2.45. The molecule has 4 rings (SSSR count). The van der Waals surface area contributed by atoms with Crippen molar-refractivity contribution in [3.63, 3.8) is 0 Å². The molecular formula is C22H25N3O3. The Morgan fingerprint density at radius 2 is 1.71 bits per heavy atom. The molecule has 6 nitrogen and oxygen atoms in total. The van der Waals surface area contributed by atoms with E-state index < -0.39 is 5.66 Å². The zero-order valence-electron chi connectivity index (χ0n) is 15.9. The lowest BCUT2D eigenvalue weighted by molar-refractivity contribution is -0.130. The van der Waals surface area contributed by atoms with Gasteiger partial charge in [0.1, 0.15) is 17.2 Å². The molecule has 146 valence electrons. The highest BCUT2D eigenvalue weighted by molar-refractivity contribution is 6.03. The third-order valence-electron chi connectivity index (χ3n) is 5.75. The first-order valence-electron chi connectivity index (χ1n) is 9.66. The second kappa shape index (κ2) is 7.28. The van der Waals surface area contributed by atoms with Gasteiger partial charge in [0.25, 0.3) is 0 Å². The van der Waals surface area contributed by atoms with Crippen LogP contribution in [-0.2, 0) is 4.79 Å². The Bertz CT molecular complexity index is 917. The number of nitrogens with one attached hydrogen (secondary N) is 1. The summed E-state index contributed by atoms with van der Waals surface area (Å²) in [6.07, 6.45) is 1.94. The number of likely N-dealkylation sites (tertiary alicyclic amines) is 1. The van der Waals surface area contributed by atoms with Crippen LogP contribution < -0.4 is 5.32 Å². The molecule has 28 heavy (non-hydrogen) atoms. The maximum atomic E-state index is 11.7. The summed E-state index contributed by atoms with van der Waals surface area (Å²) in [5, 5.41) is 24.4. The van der Waals surface area contributed by atoms with E-state index in [1.807, 2.05) is 29.2 Å². The van der Waals surface area contributed by atoms with Crippen molar-refractivity contribution < 1.29 is 15.0 Å². The highest BCUT2D eigenvalue weighted by Gasteiger charge is 2.41. The predicted molar refractivity (Wildman–Crippen MR) is 107 cm³/mol. The largest absolute Gasteiger partial charge is 0.508 e. The molecule has 2 aliphatic rings. The zero-order chi connectivity index (χ0) is 19.7. The number of nitrogens with zero attached hydrogens (tertiary/aromatic N) is 2. The van der Waals surface area contributed by atoms with Gasteiger partial charge in [-0.1, -0.05) is 30.3 Å². The van der Waals surface area contributed by atoms with Gasteiger partial charge in [-0.25, -0.2) is 0 Å². The Hall–Kier alpha value is -2.86. The average Bonchev–Trinajstić information content (AvgIpc) is 2.68. The third kappa shape index (κ3) is 3.47. The molecule has 0 bridgehead atoms. The number of hydrogen-bond donors (Lipinski definition) is 3. The number of phenolic OH excluding ortho intramolecular Hbond substituents is 2. The number of piperidine rings is 1. The van der Waals surface area contributed by atoms with Crippen LogP contribution in [0.15, 0.2) is 53.5 Å². The summed E-state index contributed by atoms with van der Waals surface area (Å²) in [4.78, 5) is 18.6. The van der Waals surface area contributed by atoms with E-state index in [9.17, 15) is 15.0 Å². The van der Waals surface area contributed by atoms with Crippen LogP contribution in [0.25, 0.3) is 0 Å². The molecule has 1 saturated heterocycles. The molecule has 0 unspecified atom stereocenters. The van der Waals surface area contributed by atoms with Crippen LogP contribution in [0.4, 0.5) is 0 Å². The second-order valence-electron chi connectivity index (χ2n) is 7.57. The Balaban J connectivity index is 1.73. The fraction of sp³-hybridized carbons (Fsp3) is 0.364. The number of para-hydroxylation sites is 2. The first kappa shape index (κ1) is 18.5. The first-order chi connectivity index (χ1) is 13.5. The maximum absolute atomic E-state index is 11.7. The summed E-state index contributed by atoms with van der Waals surface area (Å²) in [5.74, 6) is 0.526. The Morgan fingerprint density at radius 1 is 1.07 bits per heavy atom. The van der Waals surface area contributed by atoms with E-state index in [2.05, 4.69) is 5.32 Å². The molecule has 2 aromatic carbocycles. The Kier molecular flexibility index (Phi) is 4.81. The molecule has 0 saturated carbocycles. The summed E-state index contributed by atoms with van der Waals surface area (Å²) in [5.41, 5.74) is 1.84. The van der Waals surface area contributed by atoms with E-state index in [0.29, 0.717) is 32.4 Å². The van der Waals surface area contributed by atoms with Gasteiger partial charge in [-0.2, -0.15) is 0 Å². The number of phenols is 2. The summed E-state index contributed by atoms with van der Waals surface area (Å²) in [6.45, 7) is 2.86. The molecule has 0 radical (unpaired) electrons. The molecule has 1 spiro atoms. The van der Waals surface area contributed by atoms with Crippen LogP contribution in [-0.4, -0.2) is 45.5 Å². The summed E-state index contributed by atoms with van der Waals surface area (Å²) >= 11 is 0. The molecule has 1 atom stereocenters. The molecule has 2 aromatic rings. The third-order valence-corrected chi connectivity index (χ3v) is 5.75. The van der Waals surface area contributed by atoms with Gasteiger partial charge in [0, 0.05) is 62.2 Å². The SMILES string of the molecule is CC(=O)N1CCC2(CC1)N=C(c1ccccc1O)C[C@@H](c1ccccc1O)N2. The topological polar surface area (TPSA) is 85.2 Å². The minimum absolute atomic E-state index is 0.0767. The lowest BCUT2D eigenvalue weighted by atomic mass is 9.87. The highest BCUT2D eigenvalue weighted by atomic mass is 16.3. The van der Waals surface area contributed by atoms with Crippen molar-refractivity contribution in [2.75, 3.05) is 13.1 Å². The molecule has 0 aromatic heterocycles. The van der Waals surface area contributed by atoms with Crippen molar-refractivity contribution in [2.45, 2.75) is 37.9 Å². The zero-order valence-corrected chi connectivity index (χ0v) is 15.9. The van der Waals surface area contributed by atoms with Crippen molar-refractivity contribution >= 4 is 11.6 Å². The van der Waals surface area contributed by atoms with Crippen LogP contribution in [0, 0.1) is 0 Å². The van der Waals surface area contributed by atoms with Crippen LogP contribution in [0.1, 0.15) is 43.4 Å². The standard InChI is InChI=1S/C22H25N3O3/c1-15(26)25-12-10-22(11-13-25)23-18(16-6-2-4-8-20(16)27)14-19(24-22)17-7-3-5-9-21(17)28/h2-9,18,23,27-28H,10-14H2,1H3/t18-/m0/s1. The van der Waals surface area contributed by atoms with Crippen LogP contribution >= 0.6 is 0 Å². The van der Waals surface area contributed by atoms with Crippen molar-refractivity contribution in [2.24, 2.45) is 4.99 Å². The van der Waals surface area contributed by atoms with Gasteiger partial charge in [-0.05, 0) is 18.2 Å². The van der Waals surface area contributed by atoms with Crippen molar-refractivity contribution in [3.8, 4) is 11.5 Å². The minimum atomic E-state index is -0.519. The van der Waals surface area contributed by atoms with E-state index in [0.717, 1.165) is 16.8 Å². The fourth-order valence-corrected chi connectivity index (χ4v) is 4.21. The molecule has 2 aliphatic heterocycles. The van der Waals surface area contributed by atoms with Crippen molar-refractivity contribution in [1.29, 1.82) is 0 Å². The highest BCUT2D eigenvalue weighted by Crippen LogP contribution is 2.38. The smallest absolute Gasteiger partial charge is 0.219 e. The lowest BCUT2D eigenvalue weighted by Crippen LogP contribution is -2.56. The van der Waals surface area contributed by atoms with E-state index in [-0.39, 0.29) is 23.4 Å². The molecule has 2 heterocycles. The number of amides is 1. The minimum Gasteiger partial charge on any atom is -0.508 e. The van der Waals surface area contributed by atoms with Crippen LogP contribution in [0.5, 0.6) is 11.5 Å². The van der Waals surface area contributed by atoms with E-state index in [1.54, 1.807) is 31.2 Å². The molecule has 1 amide bonds. The molecular weight excluding hydrogens is 354 g/mol. The van der Waals surface area contributed by atoms with Gasteiger partial charge in [0.05, 0.1) is 0 Å². The number of hydrogen-bond acceptors (Lipinski definition) is 5. The molecule has 0 aliphatic carbocycles. The van der Waals surface area contributed by atoms with Gasteiger partial charge >= 0.3 is 0 Å². The summed E-state index contributed by atoms with van der Waals surface area (Å²) in [6, 6.07) is 14.4. The van der Waals surface area contributed by atoms with E-state index >= 15 is 0 Å². The van der Waals surface area contributed by atoms with Crippen molar-refractivity contribution in [3.05, 3.63) is 59.7 Å². The quantitative estimate of drug-likeness (QED) is 0.749. The molecule has 6 heteroatoms. The fourth-order valence-electron chi connectivity index (χ4n) is 4.21. The Labute approximate surface area is 164 Å². The summed E-state index contributed by atoms with van der Waals surface area (Å²) < 4.78 is 0. The number of aromatic hydroxyl groups is 2. The van der Waals surface area contributed by atoms with Crippen molar-refractivity contribution in [1.82, 2.24) is 10.2 Å². The number of carbonyl (C=O) groups excluding carboxylic acids is 1. The van der Waals surface area contributed by atoms with Crippen LogP contribution in [0.2, 0.25) is 0 Å². The summed E-state index contributed by atoms with van der Waals surface area (Å²) in [7, 11) is 0. The average molecular weight is 379 g/mol. The number of carbonyl (C=O) groups is 1. The van der Waals surface area contributed by atoms with Gasteiger partial charge in [0.2, 0.25) is 5.91 Å². The maximum Gasteiger partial charge on any atom is 0.219 e. The Morgan fingerprint density at radius 3 is 2.36 bits per heavy atom. The van der Waals surface area contributed by atoms with Gasteiger partial charge in [-0.15, -0.1) is 0 Å². The predicted octanol–water partition coefficient (Wildman–Crippen LogP) is 2.96. The number of benzene rings is 2. The molecule has 1 fully saturated rings. The van der Waals surface area contributed by atoms with Gasteiger partial charge < -0.3 is 15.1 Å². The number of aliphatic imine (C=N–C) groups is 1. The van der Waals surface area contributed by atoms with Gasteiger partial charge in [0.15, 0.2) is 0 Å². The van der Waals surface area contributed by atoms with Gasteiger partial charge in [-0.3, -0.25) is 15.1 Å². The van der Waals surface area contributed by atoms with Crippen LogP contribution in [0.3, 0.4) is 0 Å². The normalized spacial score (nSPS) is 21.4. The second-order valence-corrected chi connectivity index (χ2v) is 7.57. The number of rotatable bonds is 2.